The Hall–Kier alpha value is -3.97. The van der Waals surface area contributed by atoms with Gasteiger partial charge in [0, 0.05) is 39.2 Å². The number of rotatable bonds is 15. The summed E-state index contributed by atoms with van der Waals surface area (Å²) in [5.74, 6) is 0.207. The number of hydrogen-bond acceptors (Lipinski definition) is 8. The summed E-state index contributed by atoms with van der Waals surface area (Å²) >= 11 is 0. The largest absolute Gasteiger partial charge is 0.497 e. The van der Waals surface area contributed by atoms with Crippen molar-refractivity contribution in [2.75, 3.05) is 53.2 Å². The van der Waals surface area contributed by atoms with Gasteiger partial charge in [-0.3, -0.25) is 9.59 Å². The molecule has 11 nitrogen and oxygen atoms in total. The maximum Gasteiger partial charge on any atom is 0.261 e. The molecule has 0 bridgehead atoms. The molecule has 0 saturated carbocycles. The van der Waals surface area contributed by atoms with Gasteiger partial charge in [0.1, 0.15) is 17.5 Å². The highest BCUT2D eigenvalue weighted by molar-refractivity contribution is 7.89. The zero-order valence-electron chi connectivity index (χ0n) is 24.8. The third kappa shape index (κ3) is 9.02. The molecule has 0 aromatic heterocycles. The molecule has 0 radical (unpaired) electrons. The van der Waals surface area contributed by atoms with E-state index in [9.17, 15) is 23.1 Å². The summed E-state index contributed by atoms with van der Waals surface area (Å²) in [5, 5.41) is 12.1. The highest BCUT2D eigenvalue weighted by atomic mass is 32.2. The fourth-order valence-corrected chi connectivity index (χ4v) is 6.17. The summed E-state index contributed by atoms with van der Waals surface area (Å²) in [6.07, 6.45) is 0.651. The second kappa shape index (κ2) is 16.2. The first kappa shape index (κ1) is 32.9. The SMILES string of the molecule is COc1ccc(CN(C(=O)COc2ccc(S(=O)(=O)N3CCOCC3)cc2)[C@H](Cc2ccccc2)C(=O)NCCCO)cc1. The van der Waals surface area contributed by atoms with Gasteiger partial charge in [-0.25, -0.2) is 8.42 Å². The number of ether oxygens (including phenoxy) is 3. The van der Waals surface area contributed by atoms with Crippen molar-refractivity contribution in [2.45, 2.75) is 30.3 Å². The molecule has 1 saturated heterocycles. The Kier molecular flexibility index (Phi) is 12.1. The van der Waals surface area contributed by atoms with Crippen molar-refractivity contribution in [1.29, 1.82) is 0 Å². The number of aliphatic hydroxyl groups excluding tert-OH is 1. The lowest BCUT2D eigenvalue weighted by atomic mass is 10.0. The second-order valence-electron chi connectivity index (χ2n) is 10.2. The normalized spacial score (nSPS) is 14.4. The molecule has 0 spiro atoms. The molecule has 236 valence electrons. The summed E-state index contributed by atoms with van der Waals surface area (Å²) in [7, 11) is -2.10. The fraction of sp³-hybridized carbons (Fsp3) is 0.375. The number of benzene rings is 3. The molecule has 12 heteroatoms. The molecule has 2 N–H and O–H groups in total. The molecule has 1 aliphatic heterocycles. The van der Waals surface area contributed by atoms with Gasteiger partial charge in [0.2, 0.25) is 15.9 Å². The van der Waals surface area contributed by atoms with E-state index in [1.807, 2.05) is 42.5 Å². The number of nitrogens with zero attached hydrogens (tertiary/aromatic N) is 2. The average molecular weight is 626 g/mol. The first-order valence-electron chi connectivity index (χ1n) is 14.5. The van der Waals surface area contributed by atoms with Crippen LogP contribution >= 0.6 is 0 Å². The molecule has 1 aliphatic rings. The Balaban J connectivity index is 1.54. The minimum atomic E-state index is -3.67. The van der Waals surface area contributed by atoms with E-state index >= 15 is 0 Å². The van der Waals surface area contributed by atoms with E-state index in [1.54, 1.807) is 19.2 Å². The number of aliphatic hydroxyl groups is 1. The Labute approximate surface area is 258 Å². The quantitative estimate of drug-likeness (QED) is 0.246. The van der Waals surface area contributed by atoms with Gasteiger partial charge in [0.05, 0.1) is 25.2 Å². The van der Waals surface area contributed by atoms with Crippen molar-refractivity contribution >= 4 is 21.8 Å². The maximum atomic E-state index is 13.8. The van der Waals surface area contributed by atoms with Crippen molar-refractivity contribution in [3.05, 3.63) is 90.0 Å². The number of methoxy groups -OCH3 is 1. The van der Waals surface area contributed by atoms with E-state index in [4.69, 9.17) is 14.2 Å². The lowest BCUT2D eigenvalue weighted by Gasteiger charge is -2.31. The topological polar surface area (TPSA) is 135 Å². The number of nitrogens with one attached hydrogen (secondary N) is 1. The predicted octanol–water partition coefficient (Wildman–Crippen LogP) is 2.23. The van der Waals surface area contributed by atoms with Crippen LogP contribution in [0.4, 0.5) is 0 Å². The van der Waals surface area contributed by atoms with E-state index < -0.39 is 22.0 Å². The first-order valence-corrected chi connectivity index (χ1v) is 15.9. The van der Waals surface area contributed by atoms with Crippen molar-refractivity contribution < 1.29 is 37.3 Å². The van der Waals surface area contributed by atoms with E-state index in [-0.39, 0.29) is 56.6 Å². The van der Waals surface area contributed by atoms with Crippen LogP contribution in [0.5, 0.6) is 11.5 Å². The Morgan fingerprint density at radius 1 is 0.955 bits per heavy atom. The average Bonchev–Trinajstić information content (AvgIpc) is 3.06. The third-order valence-corrected chi connectivity index (χ3v) is 9.12. The minimum Gasteiger partial charge on any atom is -0.497 e. The van der Waals surface area contributed by atoms with Gasteiger partial charge in [0.25, 0.3) is 5.91 Å². The van der Waals surface area contributed by atoms with E-state index in [1.165, 1.54) is 33.5 Å². The monoisotopic (exact) mass is 625 g/mol. The predicted molar refractivity (Wildman–Crippen MR) is 164 cm³/mol. The van der Waals surface area contributed by atoms with Crippen LogP contribution in [0.15, 0.2) is 83.8 Å². The smallest absolute Gasteiger partial charge is 0.261 e. The van der Waals surface area contributed by atoms with Crippen molar-refractivity contribution in [3.8, 4) is 11.5 Å². The molecule has 0 unspecified atom stereocenters. The number of amides is 2. The molecule has 1 atom stereocenters. The lowest BCUT2D eigenvalue weighted by Crippen LogP contribution is -2.51. The Bertz CT molecular complexity index is 1450. The molecule has 44 heavy (non-hydrogen) atoms. The fourth-order valence-electron chi connectivity index (χ4n) is 4.76. The van der Waals surface area contributed by atoms with Gasteiger partial charge in [-0.1, -0.05) is 42.5 Å². The molecule has 3 aromatic rings. The Morgan fingerprint density at radius 2 is 1.61 bits per heavy atom. The molecule has 1 fully saturated rings. The lowest BCUT2D eigenvalue weighted by molar-refractivity contribution is -0.142. The summed E-state index contributed by atoms with van der Waals surface area (Å²) < 4.78 is 43.6. The number of carbonyl (C=O) groups excluding carboxylic acids is 2. The number of sulfonamides is 1. The highest BCUT2D eigenvalue weighted by Gasteiger charge is 2.31. The Morgan fingerprint density at radius 3 is 2.25 bits per heavy atom. The zero-order chi connectivity index (χ0) is 31.4. The highest BCUT2D eigenvalue weighted by Crippen LogP contribution is 2.22. The molecular weight excluding hydrogens is 586 g/mol. The molecule has 4 rings (SSSR count). The van der Waals surface area contributed by atoms with Crippen molar-refractivity contribution in [3.63, 3.8) is 0 Å². The van der Waals surface area contributed by atoms with Crippen LogP contribution in [-0.2, 0) is 37.3 Å². The van der Waals surface area contributed by atoms with Crippen LogP contribution in [0.25, 0.3) is 0 Å². The zero-order valence-corrected chi connectivity index (χ0v) is 25.6. The summed E-state index contributed by atoms with van der Waals surface area (Å²) in [6.45, 7) is 1.23. The first-order chi connectivity index (χ1) is 21.3. The molecule has 0 aliphatic carbocycles. The molecular formula is C32H39N3O8S. The third-order valence-electron chi connectivity index (χ3n) is 7.21. The second-order valence-corrected chi connectivity index (χ2v) is 12.2. The van der Waals surface area contributed by atoms with Gasteiger partial charge >= 0.3 is 0 Å². The van der Waals surface area contributed by atoms with Gasteiger partial charge in [-0.05, 0) is 53.9 Å². The van der Waals surface area contributed by atoms with Crippen LogP contribution in [0.1, 0.15) is 17.5 Å². The summed E-state index contributed by atoms with van der Waals surface area (Å²) in [5.41, 5.74) is 1.67. The summed E-state index contributed by atoms with van der Waals surface area (Å²) in [6, 6.07) is 21.7. The van der Waals surface area contributed by atoms with Crippen molar-refractivity contribution in [2.24, 2.45) is 0 Å². The molecule has 3 aromatic carbocycles. The van der Waals surface area contributed by atoms with Crippen LogP contribution in [0, 0.1) is 0 Å². The number of carbonyl (C=O) groups is 2. The number of hydrogen-bond donors (Lipinski definition) is 2. The molecule has 2 amide bonds. The van der Waals surface area contributed by atoms with Gasteiger partial charge in [-0.2, -0.15) is 4.31 Å². The standard InChI is InChI=1S/C32H39N3O8S/c1-41-27-10-8-26(9-11-27)23-35(30(32(38)33-16-5-19-36)22-25-6-3-2-4-7-25)31(37)24-43-28-12-14-29(15-13-28)44(39,40)34-17-20-42-21-18-34/h2-4,6-15,30,36H,5,16-24H2,1H3,(H,33,38)/t30-/m1/s1. The van der Waals surface area contributed by atoms with Crippen molar-refractivity contribution in [1.82, 2.24) is 14.5 Å². The van der Waals surface area contributed by atoms with Crippen LogP contribution in [-0.4, -0.2) is 93.8 Å². The van der Waals surface area contributed by atoms with Crippen LogP contribution < -0.4 is 14.8 Å². The minimum absolute atomic E-state index is 0.0709. The van der Waals surface area contributed by atoms with Crippen LogP contribution in [0.2, 0.25) is 0 Å². The molecule has 1 heterocycles. The van der Waals surface area contributed by atoms with Gasteiger partial charge < -0.3 is 29.5 Å². The van der Waals surface area contributed by atoms with E-state index in [0.717, 1.165) is 11.1 Å². The van der Waals surface area contributed by atoms with Gasteiger partial charge in [0.15, 0.2) is 6.61 Å². The van der Waals surface area contributed by atoms with E-state index in [2.05, 4.69) is 5.32 Å². The van der Waals surface area contributed by atoms with E-state index in [0.29, 0.717) is 31.1 Å². The maximum absolute atomic E-state index is 13.8. The number of morpholine rings is 1. The van der Waals surface area contributed by atoms with Crippen LogP contribution in [0.3, 0.4) is 0 Å². The van der Waals surface area contributed by atoms with Gasteiger partial charge in [-0.15, -0.1) is 0 Å². The summed E-state index contributed by atoms with van der Waals surface area (Å²) in [4.78, 5) is 28.9.